The molecule has 1 saturated heterocycles. The summed E-state index contributed by atoms with van der Waals surface area (Å²) in [5.74, 6) is -2.14. The highest BCUT2D eigenvalue weighted by Gasteiger charge is 2.40. The van der Waals surface area contributed by atoms with Gasteiger partial charge in [-0.2, -0.15) is 0 Å². The zero-order chi connectivity index (χ0) is 15.4. The van der Waals surface area contributed by atoms with Gasteiger partial charge in [0.05, 0.1) is 18.7 Å². The molecule has 0 unspecified atom stereocenters. The van der Waals surface area contributed by atoms with Crippen molar-refractivity contribution in [3.05, 3.63) is 35.9 Å². The van der Waals surface area contributed by atoms with Crippen molar-refractivity contribution < 1.29 is 24.2 Å². The summed E-state index contributed by atoms with van der Waals surface area (Å²) in [4.78, 5) is 35.9. The van der Waals surface area contributed by atoms with Crippen LogP contribution in [-0.2, 0) is 14.3 Å². The molecule has 2 atom stereocenters. The van der Waals surface area contributed by atoms with Crippen molar-refractivity contribution in [1.29, 1.82) is 0 Å². The number of rotatable bonds is 4. The Kier molecular flexibility index (Phi) is 6.33. The molecule has 1 aromatic rings. The van der Waals surface area contributed by atoms with Crippen LogP contribution in [0.5, 0.6) is 0 Å². The third kappa shape index (κ3) is 3.96. The molecule has 1 heterocycles. The van der Waals surface area contributed by atoms with Gasteiger partial charge in [0.1, 0.15) is 12.1 Å². The van der Waals surface area contributed by atoms with Crippen LogP contribution in [0.25, 0.3) is 0 Å². The highest BCUT2D eigenvalue weighted by molar-refractivity contribution is 5.90. The van der Waals surface area contributed by atoms with Gasteiger partial charge in [0, 0.05) is 6.42 Å². The molecule has 1 amide bonds. The molecular formula is C14H17ClN2O5. The monoisotopic (exact) mass is 328 g/mol. The Bertz CT molecular complexity index is 551. The molecule has 0 aliphatic carbocycles. The van der Waals surface area contributed by atoms with Crippen molar-refractivity contribution in [2.24, 2.45) is 5.73 Å². The van der Waals surface area contributed by atoms with E-state index in [2.05, 4.69) is 0 Å². The largest absolute Gasteiger partial charge is 0.480 e. The summed E-state index contributed by atoms with van der Waals surface area (Å²) < 4.78 is 5.27. The number of amides is 1. The fraction of sp³-hybridized carbons (Fsp3) is 0.357. The number of carboxylic acid groups (broad SMARTS) is 1. The summed E-state index contributed by atoms with van der Waals surface area (Å²) in [6.07, 6.45) is -0.575. The van der Waals surface area contributed by atoms with Crippen LogP contribution in [0, 0.1) is 0 Å². The Hall–Kier alpha value is -2.12. The first kappa shape index (κ1) is 17.9. The molecule has 1 aromatic carbocycles. The van der Waals surface area contributed by atoms with Gasteiger partial charge in [-0.25, -0.2) is 9.59 Å². The summed E-state index contributed by atoms with van der Waals surface area (Å²) in [7, 11) is 0. The molecule has 1 fully saturated rings. The highest BCUT2D eigenvalue weighted by atomic mass is 35.5. The first-order valence-corrected chi connectivity index (χ1v) is 6.51. The number of nitrogens with two attached hydrogens (primary N) is 1. The molecule has 0 bridgehead atoms. The summed E-state index contributed by atoms with van der Waals surface area (Å²) >= 11 is 0. The maximum absolute atomic E-state index is 11.9. The van der Waals surface area contributed by atoms with Gasteiger partial charge in [-0.3, -0.25) is 4.79 Å². The molecule has 0 aromatic heterocycles. The number of aliphatic carboxylic acids is 1. The lowest BCUT2D eigenvalue weighted by atomic mass is 10.2. The van der Waals surface area contributed by atoms with Gasteiger partial charge in [-0.1, -0.05) is 18.2 Å². The van der Waals surface area contributed by atoms with Crippen LogP contribution < -0.4 is 5.73 Å². The van der Waals surface area contributed by atoms with E-state index in [9.17, 15) is 14.4 Å². The van der Waals surface area contributed by atoms with Crippen molar-refractivity contribution in [2.75, 3.05) is 13.1 Å². The minimum atomic E-state index is -1.13. The molecule has 1 aliphatic rings. The molecule has 3 N–H and O–H groups in total. The van der Waals surface area contributed by atoms with Gasteiger partial charge in [0.2, 0.25) is 5.91 Å². The number of carboxylic acids is 1. The first-order valence-electron chi connectivity index (χ1n) is 6.51. The Labute approximate surface area is 133 Å². The minimum Gasteiger partial charge on any atom is -0.480 e. The van der Waals surface area contributed by atoms with Crippen LogP contribution in [-0.4, -0.2) is 53.1 Å². The van der Waals surface area contributed by atoms with Crippen molar-refractivity contribution in [3.63, 3.8) is 0 Å². The molecule has 0 spiro atoms. The van der Waals surface area contributed by atoms with Crippen LogP contribution in [0.2, 0.25) is 0 Å². The number of carbonyl (C=O) groups is 3. The standard InChI is InChI=1S/C14H16N2O5.ClH/c15-7-12(17)16-8-10(6-11(16)13(18)19)21-14(20)9-4-2-1-3-5-9;/h1-5,10-11H,6-8,15H2,(H,18,19);1H/t10-,11+;/m1./s1. The molecule has 2 rings (SSSR count). The number of halogens is 1. The molecule has 8 heteroatoms. The van der Waals surface area contributed by atoms with Crippen molar-refractivity contribution in [2.45, 2.75) is 18.6 Å². The summed E-state index contributed by atoms with van der Waals surface area (Å²) in [5, 5.41) is 9.12. The topological polar surface area (TPSA) is 110 Å². The number of carbonyl (C=O) groups excluding carboxylic acids is 2. The molecule has 22 heavy (non-hydrogen) atoms. The average molecular weight is 329 g/mol. The smallest absolute Gasteiger partial charge is 0.338 e. The van der Waals surface area contributed by atoms with Gasteiger partial charge >= 0.3 is 11.9 Å². The molecule has 7 nitrogen and oxygen atoms in total. The Morgan fingerprint density at radius 1 is 1.27 bits per heavy atom. The number of ether oxygens (including phenoxy) is 1. The quantitative estimate of drug-likeness (QED) is 0.768. The fourth-order valence-electron chi connectivity index (χ4n) is 2.30. The second-order valence-corrected chi connectivity index (χ2v) is 4.73. The van der Waals surface area contributed by atoms with Crippen LogP contribution >= 0.6 is 12.4 Å². The normalized spacial score (nSPS) is 20.1. The van der Waals surface area contributed by atoms with E-state index < -0.39 is 30.0 Å². The van der Waals surface area contributed by atoms with E-state index in [0.29, 0.717) is 5.56 Å². The Morgan fingerprint density at radius 3 is 2.45 bits per heavy atom. The first-order chi connectivity index (χ1) is 10.0. The summed E-state index contributed by atoms with van der Waals surface area (Å²) in [5.41, 5.74) is 5.64. The summed E-state index contributed by atoms with van der Waals surface area (Å²) in [6, 6.07) is 7.39. The van der Waals surface area contributed by atoms with Gasteiger partial charge in [-0.05, 0) is 12.1 Å². The van der Waals surface area contributed by atoms with Crippen LogP contribution in [0.4, 0.5) is 0 Å². The third-order valence-corrected chi connectivity index (χ3v) is 3.33. The van der Waals surface area contributed by atoms with E-state index in [1.807, 2.05) is 0 Å². The second kappa shape index (κ2) is 7.77. The van der Waals surface area contributed by atoms with E-state index in [1.165, 1.54) is 0 Å². The highest BCUT2D eigenvalue weighted by Crippen LogP contribution is 2.21. The van der Waals surface area contributed by atoms with E-state index >= 15 is 0 Å². The number of likely N-dealkylation sites (tertiary alicyclic amines) is 1. The van der Waals surface area contributed by atoms with Crippen molar-refractivity contribution >= 4 is 30.3 Å². The van der Waals surface area contributed by atoms with Gasteiger partial charge in [0.25, 0.3) is 0 Å². The maximum atomic E-state index is 11.9. The molecule has 1 aliphatic heterocycles. The lowest BCUT2D eigenvalue weighted by Gasteiger charge is -2.19. The predicted octanol–water partition coefficient (Wildman–Crippen LogP) is 0.278. The number of hydrogen-bond donors (Lipinski definition) is 2. The molecule has 0 radical (unpaired) electrons. The number of nitrogens with zero attached hydrogens (tertiary/aromatic N) is 1. The zero-order valence-corrected chi connectivity index (χ0v) is 12.5. The molecule has 0 saturated carbocycles. The Balaban J connectivity index is 0.00000242. The number of esters is 1. The Morgan fingerprint density at radius 2 is 1.91 bits per heavy atom. The van der Waals surface area contributed by atoms with Crippen LogP contribution in [0.3, 0.4) is 0 Å². The lowest BCUT2D eigenvalue weighted by molar-refractivity contribution is -0.147. The molecule has 120 valence electrons. The second-order valence-electron chi connectivity index (χ2n) is 4.73. The maximum Gasteiger partial charge on any atom is 0.338 e. The van der Waals surface area contributed by atoms with Crippen molar-refractivity contribution in [3.8, 4) is 0 Å². The number of hydrogen-bond acceptors (Lipinski definition) is 5. The molecular weight excluding hydrogens is 312 g/mol. The van der Waals surface area contributed by atoms with Gasteiger partial charge < -0.3 is 20.5 Å². The lowest BCUT2D eigenvalue weighted by Crippen LogP contribution is -2.43. The minimum absolute atomic E-state index is 0. The fourth-order valence-corrected chi connectivity index (χ4v) is 2.30. The predicted molar refractivity (Wildman–Crippen MR) is 79.7 cm³/mol. The van der Waals surface area contributed by atoms with Gasteiger partial charge in [0.15, 0.2) is 0 Å². The van der Waals surface area contributed by atoms with Gasteiger partial charge in [-0.15, -0.1) is 12.4 Å². The van der Waals surface area contributed by atoms with Crippen molar-refractivity contribution in [1.82, 2.24) is 4.90 Å². The zero-order valence-electron chi connectivity index (χ0n) is 11.7. The SMILES string of the molecule is Cl.NCC(=O)N1C[C@H](OC(=O)c2ccccc2)C[C@H]1C(=O)O. The average Bonchev–Trinajstić information content (AvgIpc) is 2.91. The third-order valence-electron chi connectivity index (χ3n) is 3.33. The van der Waals surface area contributed by atoms with Crippen LogP contribution in [0.15, 0.2) is 30.3 Å². The van der Waals surface area contributed by atoms with Crippen LogP contribution in [0.1, 0.15) is 16.8 Å². The van der Waals surface area contributed by atoms with E-state index in [0.717, 1.165) is 4.90 Å². The number of benzene rings is 1. The summed E-state index contributed by atoms with van der Waals surface area (Å²) in [6.45, 7) is -0.227. The van der Waals surface area contributed by atoms with E-state index in [-0.39, 0.29) is 31.9 Å². The van der Waals surface area contributed by atoms with E-state index in [4.69, 9.17) is 15.6 Å². The van der Waals surface area contributed by atoms with E-state index in [1.54, 1.807) is 30.3 Å².